The van der Waals surface area contributed by atoms with E-state index in [-0.39, 0.29) is 11.9 Å². The summed E-state index contributed by atoms with van der Waals surface area (Å²) in [6.07, 6.45) is 0. The molecule has 0 aromatic carbocycles. The summed E-state index contributed by atoms with van der Waals surface area (Å²) >= 11 is 0. The van der Waals surface area contributed by atoms with Crippen LogP contribution in [0.2, 0.25) is 0 Å². The zero-order valence-electron chi connectivity index (χ0n) is 6.05. The molecule has 0 saturated heterocycles. The molecule has 54 valence electrons. The molecular weight excluding hydrogens is 128 g/mol. The van der Waals surface area contributed by atoms with Crippen molar-refractivity contribution >= 4 is 5.84 Å². The molecule has 0 saturated carbocycles. The number of hydrogen-bond donors (Lipinski definition) is 2. The van der Waals surface area contributed by atoms with Crippen LogP contribution in [0, 0.1) is 5.41 Å². The predicted molar refractivity (Wildman–Crippen MR) is 38.9 cm³/mol. The second-order valence-corrected chi connectivity index (χ2v) is 2.34. The van der Waals surface area contributed by atoms with Crippen LogP contribution in [0.5, 0.6) is 0 Å². The number of azo groups is 1. The van der Waals surface area contributed by atoms with Gasteiger partial charge in [-0.3, -0.25) is 5.41 Å². The van der Waals surface area contributed by atoms with Gasteiger partial charge in [-0.2, -0.15) is 10.2 Å². The standard InChI is InChI=1S/C6H10N4/c1-3-4(2)9-10-5(3)6(7)8/h4H,1-2H3,(H3,7,8). The molecule has 4 nitrogen and oxygen atoms in total. The minimum atomic E-state index is 0.00519. The van der Waals surface area contributed by atoms with Crippen molar-refractivity contribution in [3.05, 3.63) is 11.3 Å². The minimum absolute atomic E-state index is 0.00519. The fraction of sp³-hybridized carbons (Fsp3) is 0.500. The van der Waals surface area contributed by atoms with Crippen molar-refractivity contribution in [1.82, 2.24) is 0 Å². The first-order valence-corrected chi connectivity index (χ1v) is 3.09. The monoisotopic (exact) mass is 138 g/mol. The van der Waals surface area contributed by atoms with E-state index in [9.17, 15) is 0 Å². The van der Waals surface area contributed by atoms with Crippen LogP contribution in [0.15, 0.2) is 21.5 Å². The van der Waals surface area contributed by atoms with Gasteiger partial charge in [-0.1, -0.05) is 0 Å². The minimum Gasteiger partial charge on any atom is -0.382 e. The van der Waals surface area contributed by atoms with E-state index in [2.05, 4.69) is 10.2 Å². The third-order valence-corrected chi connectivity index (χ3v) is 1.59. The van der Waals surface area contributed by atoms with Crippen molar-refractivity contribution in [2.45, 2.75) is 19.9 Å². The highest BCUT2D eigenvalue weighted by molar-refractivity contribution is 5.95. The van der Waals surface area contributed by atoms with E-state index in [0.29, 0.717) is 5.70 Å². The van der Waals surface area contributed by atoms with Gasteiger partial charge < -0.3 is 5.73 Å². The Labute approximate surface area is 59.3 Å². The Morgan fingerprint density at radius 3 is 2.50 bits per heavy atom. The summed E-state index contributed by atoms with van der Waals surface area (Å²) in [7, 11) is 0. The van der Waals surface area contributed by atoms with Gasteiger partial charge in [-0.25, -0.2) is 0 Å². The first-order chi connectivity index (χ1) is 4.63. The maximum Gasteiger partial charge on any atom is 0.143 e. The van der Waals surface area contributed by atoms with Crippen LogP contribution in [-0.4, -0.2) is 11.9 Å². The zero-order valence-corrected chi connectivity index (χ0v) is 6.05. The largest absolute Gasteiger partial charge is 0.382 e. The molecule has 1 aliphatic rings. The normalized spacial score (nSPS) is 24.0. The van der Waals surface area contributed by atoms with Gasteiger partial charge in [0.05, 0.1) is 6.04 Å². The Hall–Kier alpha value is -1.19. The quantitative estimate of drug-likeness (QED) is 0.412. The molecule has 0 spiro atoms. The first-order valence-electron chi connectivity index (χ1n) is 3.09. The number of rotatable bonds is 1. The topological polar surface area (TPSA) is 74.6 Å². The average Bonchev–Trinajstić information content (AvgIpc) is 2.14. The predicted octanol–water partition coefficient (Wildman–Crippen LogP) is 1.05. The summed E-state index contributed by atoms with van der Waals surface area (Å²) in [5.41, 5.74) is 6.74. The van der Waals surface area contributed by atoms with Gasteiger partial charge in [-0.05, 0) is 19.4 Å². The lowest BCUT2D eigenvalue weighted by Gasteiger charge is -1.97. The number of nitrogens with two attached hydrogens (primary N) is 1. The molecule has 0 fully saturated rings. The maximum absolute atomic E-state index is 7.08. The van der Waals surface area contributed by atoms with Gasteiger partial charge >= 0.3 is 0 Å². The Bertz CT molecular complexity index is 226. The van der Waals surface area contributed by atoms with Crippen molar-refractivity contribution in [2.75, 3.05) is 0 Å². The molecule has 1 unspecified atom stereocenters. The van der Waals surface area contributed by atoms with Crippen LogP contribution >= 0.6 is 0 Å². The van der Waals surface area contributed by atoms with Gasteiger partial charge in [-0.15, -0.1) is 0 Å². The highest BCUT2D eigenvalue weighted by Crippen LogP contribution is 2.20. The molecule has 1 heterocycles. The lowest BCUT2D eigenvalue weighted by molar-refractivity contribution is 0.850. The summed E-state index contributed by atoms with van der Waals surface area (Å²) in [5, 5.41) is 14.7. The van der Waals surface area contributed by atoms with Gasteiger partial charge in [0.2, 0.25) is 0 Å². The van der Waals surface area contributed by atoms with E-state index in [1.54, 1.807) is 0 Å². The average molecular weight is 138 g/mol. The van der Waals surface area contributed by atoms with Crippen LogP contribution in [0.3, 0.4) is 0 Å². The van der Waals surface area contributed by atoms with Gasteiger partial charge in [0.1, 0.15) is 11.5 Å². The lowest BCUT2D eigenvalue weighted by Crippen LogP contribution is -2.12. The fourth-order valence-corrected chi connectivity index (χ4v) is 0.774. The van der Waals surface area contributed by atoms with E-state index in [1.807, 2.05) is 13.8 Å². The molecule has 0 aliphatic carbocycles. The van der Waals surface area contributed by atoms with Gasteiger partial charge in [0, 0.05) is 0 Å². The third kappa shape index (κ3) is 0.920. The number of nitrogens with zero attached hydrogens (tertiary/aromatic N) is 2. The molecule has 0 bridgehead atoms. The van der Waals surface area contributed by atoms with Gasteiger partial charge in [0.15, 0.2) is 0 Å². The van der Waals surface area contributed by atoms with Crippen LogP contribution in [-0.2, 0) is 0 Å². The van der Waals surface area contributed by atoms with Crippen LogP contribution in [0.1, 0.15) is 13.8 Å². The fourth-order valence-electron chi connectivity index (χ4n) is 0.774. The highest BCUT2D eigenvalue weighted by Gasteiger charge is 2.16. The Morgan fingerprint density at radius 1 is 1.70 bits per heavy atom. The number of nitrogens with one attached hydrogen (secondary N) is 1. The molecule has 1 aliphatic heterocycles. The number of amidine groups is 1. The molecule has 0 amide bonds. The molecule has 0 aromatic heterocycles. The van der Waals surface area contributed by atoms with Crippen molar-refractivity contribution in [3.63, 3.8) is 0 Å². The molecular formula is C6H10N4. The molecule has 0 aromatic rings. The summed E-state index contributed by atoms with van der Waals surface area (Å²) < 4.78 is 0. The van der Waals surface area contributed by atoms with E-state index in [4.69, 9.17) is 11.1 Å². The molecule has 3 N–H and O–H groups in total. The second kappa shape index (κ2) is 2.21. The van der Waals surface area contributed by atoms with Crippen LogP contribution < -0.4 is 5.73 Å². The van der Waals surface area contributed by atoms with Gasteiger partial charge in [0.25, 0.3) is 0 Å². The Kier molecular flexibility index (Phi) is 1.53. The molecule has 10 heavy (non-hydrogen) atoms. The second-order valence-electron chi connectivity index (χ2n) is 2.34. The lowest BCUT2D eigenvalue weighted by atomic mass is 10.1. The smallest absolute Gasteiger partial charge is 0.143 e. The summed E-state index contributed by atoms with van der Waals surface area (Å²) in [5.74, 6) is 0.00519. The molecule has 1 atom stereocenters. The Morgan fingerprint density at radius 2 is 2.30 bits per heavy atom. The van der Waals surface area contributed by atoms with Crippen molar-refractivity contribution in [1.29, 1.82) is 5.41 Å². The van der Waals surface area contributed by atoms with E-state index in [0.717, 1.165) is 5.57 Å². The zero-order chi connectivity index (χ0) is 7.72. The molecule has 0 radical (unpaired) electrons. The summed E-state index contributed by atoms with van der Waals surface area (Å²) in [6, 6.07) is 0.0962. The molecule has 4 heteroatoms. The summed E-state index contributed by atoms with van der Waals surface area (Å²) in [4.78, 5) is 0. The highest BCUT2D eigenvalue weighted by atomic mass is 15.2. The summed E-state index contributed by atoms with van der Waals surface area (Å²) in [6.45, 7) is 3.82. The van der Waals surface area contributed by atoms with Crippen molar-refractivity contribution < 1.29 is 0 Å². The maximum atomic E-state index is 7.08. The first kappa shape index (κ1) is 6.92. The van der Waals surface area contributed by atoms with Crippen molar-refractivity contribution in [3.8, 4) is 0 Å². The van der Waals surface area contributed by atoms with Crippen LogP contribution in [0.25, 0.3) is 0 Å². The Balaban J connectivity index is 2.96. The van der Waals surface area contributed by atoms with E-state index < -0.39 is 0 Å². The molecule has 1 rings (SSSR count). The van der Waals surface area contributed by atoms with E-state index >= 15 is 0 Å². The van der Waals surface area contributed by atoms with Crippen LogP contribution in [0.4, 0.5) is 0 Å². The van der Waals surface area contributed by atoms with E-state index in [1.165, 1.54) is 0 Å². The number of hydrogen-bond acceptors (Lipinski definition) is 3. The SMILES string of the molecule is CC1=C(C(=N)N)N=NC1C. The van der Waals surface area contributed by atoms with Crippen molar-refractivity contribution in [2.24, 2.45) is 16.0 Å². The third-order valence-electron chi connectivity index (χ3n) is 1.59.